The lowest BCUT2D eigenvalue weighted by molar-refractivity contribution is -0.123. The van der Waals surface area contributed by atoms with Crippen LogP contribution in [0.25, 0.3) is 10.9 Å². The van der Waals surface area contributed by atoms with Crippen molar-refractivity contribution in [2.24, 2.45) is 5.92 Å². The van der Waals surface area contributed by atoms with Crippen molar-refractivity contribution in [1.29, 1.82) is 5.26 Å². The van der Waals surface area contributed by atoms with Crippen molar-refractivity contribution in [3.05, 3.63) is 65.6 Å². The van der Waals surface area contributed by atoms with Crippen molar-refractivity contribution in [3.8, 4) is 6.07 Å². The van der Waals surface area contributed by atoms with E-state index in [4.69, 9.17) is 5.26 Å². The monoisotopic (exact) mass is 472 g/mol. The molecule has 0 unspecified atom stereocenters. The van der Waals surface area contributed by atoms with E-state index in [2.05, 4.69) is 28.2 Å². The summed E-state index contributed by atoms with van der Waals surface area (Å²) in [5, 5.41) is 10.4. The number of aromatic nitrogens is 1. The number of amides is 1. The van der Waals surface area contributed by atoms with Crippen molar-refractivity contribution in [2.75, 3.05) is 31.1 Å². The van der Waals surface area contributed by atoms with Crippen molar-refractivity contribution in [1.82, 2.24) is 9.88 Å². The molecule has 2 heterocycles. The number of piperidine rings is 1. The van der Waals surface area contributed by atoms with E-state index in [0.29, 0.717) is 18.0 Å². The second-order valence-corrected chi connectivity index (χ2v) is 10.0. The van der Waals surface area contributed by atoms with Crippen molar-refractivity contribution >= 4 is 22.5 Å². The van der Waals surface area contributed by atoms with Gasteiger partial charge in [-0.1, -0.05) is 25.3 Å². The molecule has 2 aromatic carbocycles. The van der Waals surface area contributed by atoms with Crippen LogP contribution in [0.2, 0.25) is 0 Å². The molecule has 1 saturated heterocycles. The largest absolute Gasteiger partial charge is 0.361 e. The molecule has 1 N–H and O–H groups in total. The topological polar surface area (TPSA) is 63.1 Å². The van der Waals surface area contributed by atoms with Crippen LogP contribution in [0.15, 0.2) is 48.7 Å². The van der Waals surface area contributed by atoms with Gasteiger partial charge in [0.15, 0.2) is 0 Å². The molecule has 1 aliphatic heterocycles. The zero-order valence-electron chi connectivity index (χ0n) is 20.2. The highest BCUT2D eigenvalue weighted by atomic mass is 19.1. The highest BCUT2D eigenvalue weighted by Crippen LogP contribution is 2.34. The van der Waals surface area contributed by atoms with Gasteiger partial charge in [-0.3, -0.25) is 4.79 Å². The molecule has 3 aromatic rings. The number of hydrogen-bond acceptors (Lipinski definition) is 3. The van der Waals surface area contributed by atoms with E-state index >= 15 is 0 Å². The number of benzene rings is 2. The fourth-order valence-corrected chi connectivity index (χ4v) is 5.82. The SMILES string of the molecule is N#Cc1ccc2c(C3CCN(CCN(C(=O)C4CCCCC4)c4ccc(F)cc4)CC3)c[nH]c2c1. The predicted molar refractivity (Wildman–Crippen MR) is 137 cm³/mol. The van der Waals surface area contributed by atoms with Gasteiger partial charge in [0.05, 0.1) is 11.6 Å². The predicted octanol–water partition coefficient (Wildman–Crippen LogP) is 5.97. The summed E-state index contributed by atoms with van der Waals surface area (Å²) in [7, 11) is 0. The molecule has 0 bridgehead atoms. The molecule has 0 radical (unpaired) electrons. The maximum absolute atomic E-state index is 13.5. The lowest BCUT2D eigenvalue weighted by Gasteiger charge is -2.35. The third-order valence-corrected chi connectivity index (χ3v) is 7.87. The number of carbonyl (C=O) groups excluding carboxylic acids is 1. The molecule has 1 aliphatic carbocycles. The average molecular weight is 473 g/mol. The minimum atomic E-state index is -0.276. The first-order valence-electron chi connectivity index (χ1n) is 12.9. The van der Waals surface area contributed by atoms with Gasteiger partial charge in [0.2, 0.25) is 5.91 Å². The Kier molecular flexibility index (Phi) is 7.15. The number of halogens is 1. The van der Waals surface area contributed by atoms with Crippen LogP contribution in [0.4, 0.5) is 10.1 Å². The number of rotatable bonds is 6. The van der Waals surface area contributed by atoms with Gasteiger partial charge in [0.25, 0.3) is 0 Å². The molecule has 1 saturated carbocycles. The third-order valence-electron chi connectivity index (χ3n) is 7.87. The van der Waals surface area contributed by atoms with Crippen LogP contribution in [-0.2, 0) is 4.79 Å². The quantitative estimate of drug-likeness (QED) is 0.481. The first-order valence-corrected chi connectivity index (χ1v) is 12.9. The summed E-state index contributed by atoms with van der Waals surface area (Å²) in [6.45, 7) is 3.43. The van der Waals surface area contributed by atoms with E-state index in [0.717, 1.165) is 69.4 Å². The average Bonchev–Trinajstić information content (AvgIpc) is 3.33. The summed E-state index contributed by atoms with van der Waals surface area (Å²) in [4.78, 5) is 21.1. The first-order chi connectivity index (χ1) is 17.1. The minimum Gasteiger partial charge on any atom is -0.361 e. The van der Waals surface area contributed by atoms with Gasteiger partial charge in [-0.05, 0) is 86.7 Å². The van der Waals surface area contributed by atoms with Crippen LogP contribution >= 0.6 is 0 Å². The minimum absolute atomic E-state index is 0.0861. The van der Waals surface area contributed by atoms with Crippen molar-refractivity contribution in [3.63, 3.8) is 0 Å². The Labute approximate surface area is 206 Å². The van der Waals surface area contributed by atoms with Crippen molar-refractivity contribution < 1.29 is 9.18 Å². The van der Waals surface area contributed by atoms with E-state index in [9.17, 15) is 9.18 Å². The zero-order chi connectivity index (χ0) is 24.2. The zero-order valence-corrected chi connectivity index (χ0v) is 20.2. The number of anilines is 1. The van der Waals surface area contributed by atoms with Gasteiger partial charge >= 0.3 is 0 Å². The number of H-pyrrole nitrogens is 1. The number of hydrogen-bond donors (Lipinski definition) is 1. The Bertz CT molecular complexity index is 1200. The number of nitriles is 1. The van der Waals surface area contributed by atoms with Crippen LogP contribution < -0.4 is 4.90 Å². The molecule has 1 aromatic heterocycles. The molecule has 2 fully saturated rings. The molecular formula is C29H33FN4O. The Morgan fingerprint density at radius 3 is 2.51 bits per heavy atom. The highest BCUT2D eigenvalue weighted by molar-refractivity contribution is 5.95. The summed E-state index contributed by atoms with van der Waals surface area (Å²) in [5.74, 6) is 0.497. The van der Waals surface area contributed by atoms with Gasteiger partial charge in [-0.2, -0.15) is 5.26 Å². The van der Waals surface area contributed by atoms with Crippen LogP contribution in [0.5, 0.6) is 0 Å². The lowest BCUT2D eigenvalue weighted by atomic mass is 9.88. The van der Waals surface area contributed by atoms with Gasteiger partial charge in [-0.15, -0.1) is 0 Å². The van der Waals surface area contributed by atoms with E-state index < -0.39 is 0 Å². The Hall–Kier alpha value is -3.17. The Morgan fingerprint density at radius 1 is 1.06 bits per heavy atom. The van der Waals surface area contributed by atoms with Crippen molar-refractivity contribution in [2.45, 2.75) is 50.9 Å². The number of nitrogens with one attached hydrogen (secondary N) is 1. The number of carbonyl (C=O) groups is 1. The van der Waals surface area contributed by atoms with Gasteiger partial charge in [0, 0.05) is 41.8 Å². The third kappa shape index (κ3) is 5.26. The van der Waals surface area contributed by atoms with Crippen LogP contribution in [0, 0.1) is 23.1 Å². The molecule has 0 atom stereocenters. The number of nitrogens with zero attached hydrogens (tertiary/aromatic N) is 3. The van der Waals surface area contributed by atoms with Crippen LogP contribution in [-0.4, -0.2) is 42.0 Å². The molecule has 1 amide bonds. The molecule has 5 rings (SSSR count). The van der Waals surface area contributed by atoms with Gasteiger partial charge in [0.1, 0.15) is 5.82 Å². The fraction of sp³-hybridized carbons (Fsp3) is 0.448. The fourth-order valence-electron chi connectivity index (χ4n) is 5.82. The number of aromatic amines is 1. The van der Waals surface area contributed by atoms with E-state index in [1.165, 1.54) is 29.5 Å². The van der Waals surface area contributed by atoms with E-state index in [1.807, 2.05) is 17.0 Å². The Balaban J connectivity index is 1.22. The van der Waals surface area contributed by atoms with E-state index in [1.54, 1.807) is 12.1 Å². The number of likely N-dealkylation sites (tertiary alicyclic amines) is 1. The molecule has 6 heteroatoms. The second-order valence-electron chi connectivity index (χ2n) is 10.0. The summed E-state index contributed by atoms with van der Waals surface area (Å²) in [5.41, 5.74) is 3.84. The molecular weight excluding hydrogens is 439 g/mol. The Morgan fingerprint density at radius 2 is 1.80 bits per heavy atom. The van der Waals surface area contributed by atoms with E-state index in [-0.39, 0.29) is 17.6 Å². The molecule has 2 aliphatic rings. The van der Waals surface area contributed by atoms with Gasteiger partial charge < -0.3 is 14.8 Å². The standard InChI is InChI=1S/C29H33FN4O/c30-24-7-9-25(10-8-24)34(29(35)23-4-2-1-3-5-23)17-16-33-14-12-22(13-15-33)27-20-32-28-18-21(19-31)6-11-26(27)28/h6-11,18,20,22-23,32H,1-5,12-17H2. The normalized spacial score (nSPS) is 17.9. The van der Waals surface area contributed by atoms with Crippen LogP contribution in [0.3, 0.4) is 0 Å². The van der Waals surface area contributed by atoms with Gasteiger partial charge in [-0.25, -0.2) is 4.39 Å². The van der Waals surface area contributed by atoms with Crippen LogP contribution in [0.1, 0.15) is 62.0 Å². The highest BCUT2D eigenvalue weighted by Gasteiger charge is 2.28. The maximum Gasteiger partial charge on any atom is 0.230 e. The summed E-state index contributed by atoms with van der Waals surface area (Å²) in [6, 6.07) is 14.4. The molecule has 0 spiro atoms. The molecule has 5 nitrogen and oxygen atoms in total. The molecule has 182 valence electrons. The first kappa shape index (κ1) is 23.6. The smallest absolute Gasteiger partial charge is 0.230 e. The second kappa shape index (κ2) is 10.6. The lowest BCUT2D eigenvalue weighted by Crippen LogP contribution is -2.44. The summed E-state index contributed by atoms with van der Waals surface area (Å²) in [6.07, 6.45) is 9.61. The maximum atomic E-state index is 13.5. The molecule has 35 heavy (non-hydrogen) atoms. The number of fused-ring (bicyclic) bond motifs is 1. The summed E-state index contributed by atoms with van der Waals surface area (Å²) >= 11 is 0. The summed E-state index contributed by atoms with van der Waals surface area (Å²) < 4.78 is 13.5.